The summed E-state index contributed by atoms with van der Waals surface area (Å²) in [5, 5.41) is 15.4. The summed E-state index contributed by atoms with van der Waals surface area (Å²) in [5.41, 5.74) is 9.37. The van der Waals surface area contributed by atoms with E-state index in [0.29, 0.717) is 19.1 Å². The third kappa shape index (κ3) is 3.29. The number of benzene rings is 1. The molecule has 0 radical (unpaired) electrons. The van der Waals surface area contributed by atoms with Crippen LogP contribution >= 0.6 is 0 Å². The van der Waals surface area contributed by atoms with Crippen molar-refractivity contribution < 1.29 is 9.94 Å². The minimum atomic E-state index is -0.360. The Kier molecular flexibility index (Phi) is 5.45. The maximum absolute atomic E-state index is 11.2. The van der Waals surface area contributed by atoms with E-state index in [2.05, 4.69) is 51.0 Å². The molecule has 3 N–H and O–H groups in total. The molecule has 26 heavy (non-hydrogen) atoms. The zero-order valence-corrected chi connectivity index (χ0v) is 16.7. The van der Waals surface area contributed by atoms with Crippen molar-refractivity contribution in [2.75, 3.05) is 13.2 Å². The maximum atomic E-state index is 11.2. The Morgan fingerprint density at radius 3 is 2.81 bits per heavy atom. The van der Waals surface area contributed by atoms with Crippen LogP contribution in [-0.2, 0) is 16.7 Å². The zero-order valence-electron chi connectivity index (χ0n) is 16.7. The Labute approximate surface area is 157 Å². The van der Waals surface area contributed by atoms with Crippen LogP contribution in [0.5, 0.6) is 0 Å². The van der Waals surface area contributed by atoms with Gasteiger partial charge in [0.2, 0.25) is 0 Å². The number of hydrogen-bond acceptors (Lipinski definition) is 4. The van der Waals surface area contributed by atoms with E-state index >= 15 is 0 Å². The van der Waals surface area contributed by atoms with Crippen molar-refractivity contribution in [3.05, 3.63) is 34.9 Å². The first kappa shape index (κ1) is 19.4. The van der Waals surface area contributed by atoms with Gasteiger partial charge in [-0.1, -0.05) is 57.5 Å². The third-order valence-corrected chi connectivity index (χ3v) is 6.66. The van der Waals surface area contributed by atoms with Crippen LogP contribution in [0.15, 0.2) is 23.4 Å². The van der Waals surface area contributed by atoms with Crippen molar-refractivity contribution in [1.29, 1.82) is 0 Å². The van der Waals surface area contributed by atoms with Crippen LogP contribution in [0.25, 0.3) is 0 Å². The van der Waals surface area contributed by atoms with Gasteiger partial charge in [0.15, 0.2) is 0 Å². The molecule has 144 valence electrons. The zero-order chi connectivity index (χ0) is 18.9. The van der Waals surface area contributed by atoms with Gasteiger partial charge in [-0.2, -0.15) is 0 Å². The molecular weight excluding hydrogens is 324 g/mol. The lowest BCUT2D eigenvalue weighted by atomic mass is 9.49. The van der Waals surface area contributed by atoms with E-state index in [0.717, 1.165) is 25.7 Å². The van der Waals surface area contributed by atoms with Crippen molar-refractivity contribution in [2.24, 2.45) is 22.2 Å². The van der Waals surface area contributed by atoms with Crippen LogP contribution in [0.3, 0.4) is 0 Å². The quantitative estimate of drug-likeness (QED) is 0.478. The van der Waals surface area contributed by atoms with Crippen molar-refractivity contribution in [1.82, 2.24) is 0 Å². The summed E-state index contributed by atoms with van der Waals surface area (Å²) in [6, 6.07) is 6.90. The molecule has 2 aliphatic carbocycles. The molecule has 0 spiro atoms. The van der Waals surface area contributed by atoms with Gasteiger partial charge in [-0.3, -0.25) is 0 Å². The molecule has 1 fully saturated rings. The molecule has 4 nitrogen and oxygen atoms in total. The number of rotatable bonds is 5. The molecule has 0 aliphatic heterocycles. The van der Waals surface area contributed by atoms with E-state index in [1.165, 1.54) is 16.7 Å². The molecule has 0 heterocycles. The topological polar surface area (TPSA) is 67.8 Å². The number of oxime groups is 1. The van der Waals surface area contributed by atoms with Crippen LogP contribution < -0.4 is 5.73 Å². The summed E-state index contributed by atoms with van der Waals surface area (Å²) in [4.78, 5) is 5.27. The average molecular weight is 359 g/mol. The Morgan fingerprint density at radius 1 is 1.35 bits per heavy atom. The molecule has 0 aromatic heterocycles. The highest BCUT2D eigenvalue weighted by Gasteiger charge is 2.55. The first-order chi connectivity index (χ1) is 12.3. The van der Waals surface area contributed by atoms with Crippen LogP contribution in [0.4, 0.5) is 0 Å². The molecule has 1 saturated carbocycles. The predicted molar refractivity (Wildman–Crippen MR) is 107 cm³/mol. The van der Waals surface area contributed by atoms with Gasteiger partial charge in [-0.15, -0.1) is 0 Å². The average Bonchev–Trinajstić information content (AvgIpc) is 2.58. The Morgan fingerprint density at radius 2 is 2.12 bits per heavy atom. The van der Waals surface area contributed by atoms with Gasteiger partial charge in [0.05, 0.1) is 12.3 Å². The number of nitrogens with two attached hydrogens (primary N) is 1. The second kappa shape index (κ2) is 7.32. The van der Waals surface area contributed by atoms with Gasteiger partial charge < -0.3 is 15.7 Å². The van der Waals surface area contributed by atoms with E-state index in [4.69, 9.17) is 10.6 Å². The molecular formula is C22H34N2O2. The molecule has 0 amide bonds. The lowest BCUT2D eigenvalue weighted by molar-refractivity contribution is -0.0308. The second-order valence-corrected chi connectivity index (χ2v) is 8.95. The first-order valence-corrected chi connectivity index (χ1v) is 10.00. The molecule has 3 rings (SSSR count). The molecule has 4 atom stereocenters. The fourth-order valence-electron chi connectivity index (χ4n) is 5.49. The summed E-state index contributed by atoms with van der Waals surface area (Å²) < 4.78 is 0. The van der Waals surface area contributed by atoms with E-state index in [1.807, 2.05) is 6.21 Å². The predicted octanol–water partition coefficient (Wildman–Crippen LogP) is 3.75. The van der Waals surface area contributed by atoms with E-state index in [9.17, 15) is 5.11 Å². The number of aliphatic hydroxyl groups is 1. The smallest absolute Gasteiger partial charge is 0.129 e. The van der Waals surface area contributed by atoms with Gasteiger partial charge in [-0.25, -0.2) is 0 Å². The largest absolute Gasteiger partial charge is 0.395 e. The monoisotopic (exact) mass is 358 g/mol. The lowest BCUT2D eigenvalue weighted by Crippen LogP contribution is -2.56. The third-order valence-electron chi connectivity index (χ3n) is 6.66. The summed E-state index contributed by atoms with van der Waals surface area (Å²) in [6.45, 7) is 9.89. The first-order valence-electron chi connectivity index (χ1n) is 10.00. The summed E-state index contributed by atoms with van der Waals surface area (Å²) in [6.07, 6.45) is 5.56. The minimum absolute atomic E-state index is 0.0323. The normalized spacial score (nSPS) is 34.0. The highest BCUT2D eigenvalue weighted by Crippen LogP contribution is 2.56. The van der Waals surface area contributed by atoms with Crippen LogP contribution in [-0.4, -0.2) is 30.6 Å². The molecule has 0 saturated heterocycles. The number of nitrogens with zero attached hydrogens (tertiary/aromatic N) is 1. The summed E-state index contributed by atoms with van der Waals surface area (Å²) in [7, 11) is 0. The Balaban J connectivity index is 1.98. The van der Waals surface area contributed by atoms with Crippen LogP contribution in [0, 0.1) is 11.3 Å². The molecule has 1 aromatic carbocycles. The van der Waals surface area contributed by atoms with E-state index < -0.39 is 0 Å². The minimum Gasteiger partial charge on any atom is -0.395 e. The maximum Gasteiger partial charge on any atom is 0.129 e. The molecule has 1 aromatic rings. The molecule has 2 aliphatic rings. The number of aliphatic hydroxyl groups excluding tert-OH is 1. The van der Waals surface area contributed by atoms with Gasteiger partial charge in [0.25, 0.3) is 0 Å². The molecule has 4 heteroatoms. The van der Waals surface area contributed by atoms with E-state index in [-0.39, 0.29) is 22.9 Å². The Hall–Kier alpha value is -1.39. The highest BCUT2D eigenvalue weighted by molar-refractivity contribution is 5.67. The summed E-state index contributed by atoms with van der Waals surface area (Å²) >= 11 is 0. The number of hydrogen-bond donors (Lipinski definition) is 2. The summed E-state index contributed by atoms with van der Waals surface area (Å²) in [5.74, 6) is 0.651. The lowest BCUT2D eigenvalue weighted by Gasteiger charge is -2.56. The fourth-order valence-corrected chi connectivity index (χ4v) is 5.49. The van der Waals surface area contributed by atoms with Crippen LogP contribution in [0.2, 0.25) is 0 Å². The van der Waals surface area contributed by atoms with E-state index in [1.54, 1.807) is 0 Å². The second-order valence-electron chi connectivity index (χ2n) is 8.95. The standard InChI is InChI=1S/C22H34N2O2/c1-15(2)16-6-7-18-17(12-16)13-19(25)20-21(3,14-24-26-11-10-23)8-5-9-22(18,20)4/h6-7,12,14-15,19-20,25H,5,8-11,13,23H2,1-4H3/b24-14+/t19-,20-,21-,22+/m0/s1. The molecule has 0 unspecified atom stereocenters. The molecule has 0 bridgehead atoms. The number of fused-ring (bicyclic) bond motifs is 3. The fraction of sp³-hybridized carbons (Fsp3) is 0.682. The highest BCUT2D eigenvalue weighted by atomic mass is 16.6. The Bertz CT molecular complexity index is 672. The SMILES string of the molecule is CC(C)c1ccc2c(c1)C[C@H](O)[C@H]1[C@](C)(/C=N/OCCN)CCC[C@]21C. The van der Waals surface area contributed by atoms with Crippen molar-refractivity contribution in [3.8, 4) is 0 Å². The van der Waals surface area contributed by atoms with Gasteiger partial charge >= 0.3 is 0 Å². The van der Waals surface area contributed by atoms with Crippen molar-refractivity contribution >= 4 is 6.21 Å². The van der Waals surface area contributed by atoms with Gasteiger partial charge in [0, 0.05) is 17.9 Å². The van der Waals surface area contributed by atoms with Gasteiger partial charge in [0.1, 0.15) is 6.61 Å². The van der Waals surface area contributed by atoms with Crippen molar-refractivity contribution in [3.63, 3.8) is 0 Å². The van der Waals surface area contributed by atoms with Crippen molar-refractivity contribution in [2.45, 2.75) is 70.8 Å². The van der Waals surface area contributed by atoms with Gasteiger partial charge in [-0.05, 0) is 47.3 Å². The van der Waals surface area contributed by atoms with Crippen LogP contribution in [0.1, 0.15) is 69.6 Å².